The monoisotopic (exact) mass is 218 g/mol. The van der Waals surface area contributed by atoms with E-state index in [9.17, 15) is 0 Å². The van der Waals surface area contributed by atoms with Crippen molar-refractivity contribution in [2.45, 2.75) is 26.9 Å². The van der Waals surface area contributed by atoms with Crippen molar-refractivity contribution < 1.29 is 9.15 Å². The quantitative estimate of drug-likeness (QED) is 0.791. The molecule has 2 aromatic rings. The summed E-state index contributed by atoms with van der Waals surface area (Å²) in [5.74, 6) is 1.94. The first-order valence-corrected chi connectivity index (χ1v) is 5.29. The summed E-state index contributed by atoms with van der Waals surface area (Å²) in [5, 5.41) is 7.62. The predicted octanol–water partition coefficient (Wildman–Crippen LogP) is 2.52. The largest absolute Gasteiger partial charge is 0.484 e. The Balaban J connectivity index is 2.04. The highest BCUT2D eigenvalue weighted by Gasteiger charge is 2.05. The van der Waals surface area contributed by atoms with E-state index >= 15 is 0 Å². The Labute approximate surface area is 94.3 Å². The molecule has 2 rings (SSSR count). The van der Waals surface area contributed by atoms with Crippen molar-refractivity contribution in [1.82, 2.24) is 10.2 Å². The molecule has 4 nitrogen and oxygen atoms in total. The molecule has 0 unspecified atom stereocenters. The predicted molar refractivity (Wildman–Crippen MR) is 59.2 cm³/mol. The SMILES string of the molecule is CCc1ccccc1OCc1nnc(C)o1. The standard InChI is InChI=1S/C12H14N2O2/c1-3-10-6-4-5-7-11(10)15-8-12-14-13-9(2)16-12/h4-7H,3,8H2,1-2H3. The van der Waals surface area contributed by atoms with Gasteiger partial charge >= 0.3 is 0 Å². The molecular weight excluding hydrogens is 204 g/mol. The maximum Gasteiger partial charge on any atom is 0.253 e. The van der Waals surface area contributed by atoms with Gasteiger partial charge in [0.05, 0.1) is 0 Å². The lowest BCUT2D eigenvalue weighted by Crippen LogP contribution is -1.98. The van der Waals surface area contributed by atoms with Gasteiger partial charge in [-0.05, 0) is 18.1 Å². The third kappa shape index (κ3) is 2.39. The van der Waals surface area contributed by atoms with E-state index in [0.29, 0.717) is 18.4 Å². The summed E-state index contributed by atoms with van der Waals surface area (Å²) in [6, 6.07) is 7.95. The molecule has 1 heterocycles. The number of benzene rings is 1. The van der Waals surface area contributed by atoms with Crippen LogP contribution in [0.4, 0.5) is 0 Å². The fourth-order valence-corrected chi connectivity index (χ4v) is 1.47. The highest BCUT2D eigenvalue weighted by molar-refractivity contribution is 5.33. The number of para-hydroxylation sites is 1. The summed E-state index contributed by atoms with van der Waals surface area (Å²) in [7, 11) is 0. The normalized spacial score (nSPS) is 10.4. The Morgan fingerprint density at radius 3 is 2.75 bits per heavy atom. The summed E-state index contributed by atoms with van der Waals surface area (Å²) in [6.07, 6.45) is 0.943. The minimum Gasteiger partial charge on any atom is -0.484 e. The lowest BCUT2D eigenvalue weighted by Gasteiger charge is -2.07. The molecule has 0 aliphatic rings. The van der Waals surface area contributed by atoms with Gasteiger partial charge in [-0.3, -0.25) is 0 Å². The van der Waals surface area contributed by atoms with E-state index in [4.69, 9.17) is 9.15 Å². The Hall–Kier alpha value is -1.84. The molecule has 0 N–H and O–H groups in total. The average Bonchev–Trinajstić information content (AvgIpc) is 2.73. The zero-order valence-corrected chi connectivity index (χ0v) is 9.43. The van der Waals surface area contributed by atoms with Crippen LogP contribution in [0.5, 0.6) is 5.75 Å². The summed E-state index contributed by atoms with van der Waals surface area (Å²) in [4.78, 5) is 0. The molecule has 0 radical (unpaired) electrons. The summed E-state index contributed by atoms with van der Waals surface area (Å²) < 4.78 is 10.9. The minimum atomic E-state index is 0.317. The van der Waals surface area contributed by atoms with Gasteiger partial charge in [0.25, 0.3) is 5.89 Å². The van der Waals surface area contributed by atoms with Crippen molar-refractivity contribution in [1.29, 1.82) is 0 Å². The van der Waals surface area contributed by atoms with Gasteiger partial charge in [-0.15, -0.1) is 10.2 Å². The zero-order chi connectivity index (χ0) is 11.4. The van der Waals surface area contributed by atoms with Crippen molar-refractivity contribution in [3.05, 3.63) is 41.6 Å². The second-order valence-corrected chi connectivity index (χ2v) is 3.46. The van der Waals surface area contributed by atoms with E-state index in [-0.39, 0.29) is 0 Å². The number of hydrogen-bond acceptors (Lipinski definition) is 4. The van der Waals surface area contributed by atoms with Gasteiger partial charge < -0.3 is 9.15 Å². The van der Waals surface area contributed by atoms with E-state index in [1.807, 2.05) is 24.3 Å². The molecule has 0 saturated heterocycles. The summed E-state index contributed by atoms with van der Waals surface area (Å²) >= 11 is 0. The van der Waals surface area contributed by atoms with Crippen molar-refractivity contribution in [3.8, 4) is 5.75 Å². The minimum absolute atomic E-state index is 0.317. The number of ether oxygens (including phenoxy) is 1. The van der Waals surface area contributed by atoms with Crippen LogP contribution in [0.15, 0.2) is 28.7 Å². The van der Waals surface area contributed by atoms with E-state index < -0.39 is 0 Å². The lowest BCUT2D eigenvalue weighted by molar-refractivity contribution is 0.258. The lowest BCUT2D eigenvalue weighted by atomic mass is 10.1. The third-order valence-corrected chi connectivity index (χ3v) is 2.27. The molecule has 4 heteroatoms. The van der Waals surface area contributed by atoms with Gasteiger partial charge in [-0.25, -0.2) is 0 Å². The molecule has 0 aliphatic heterocycles. The molecule has 16 heavy (non-hydrogen) atoms. The topological polar surface area (TPSA) is 48.2 Å². The number of hydrogen-bond donors (Lipinski definition) is 0. The van der Waals surface area contributed by atoms with Crippen LogP contribution in [0.1, 0.15) is 24.3 Å². The number of nitrogens with zero attached hydrogens (tertiary/aromatic N) is 2. The number of aryl methyl sites for hydroxylation is 2. The smallest absolute Gasteiger partial charge is 0.253 e. The number of rotatable bonds is 4. The Bertz CT molecular complexity index is 466. The molecule has 0 saturated carbocycles. The van der Waals surface area contributed by atoms with Crippen molar-refractivity contribution in [3.63, 3.8) is 0 Å². The van der Waals surface area contributed by atoms with Crippen LogP contribution in [0.3, 0.4) is 0 Å². The molecule has 0 aliphatic carbocycles. The van der Waals surface area contributed by atoms with Crippen molar-refractivity contribution >= 4 is 0 Å². The zero-order valence-electron chi connectivity index (χ0n) is 9.43. The molecule has 0 amide bonds. The van der Waals surface area contributed by atoms with Crippen LogP contribution < -0.4 is 4.74 Å². The van der Waals surface area contributed by atoms with E-state index in [1.165, 1.54) is 5.56 Å². The van der Waals surface area contributed by atoms with Crippen LogP contribution >= 0.6 is 0 Å². The first kappa shape index (κ1) is 10.7. The molecule has 1 aromatic carbocycles. The average molecular weight is 218 g/mol. The molecule has 0 atom stereocenters. The Kier molecular flexibility index (Phi) is 3.19. The highest BCUT2D eigenvalue weighted by Crippen LogP contribution is 2.19. The summed E-state index contributed by atoms with van der Waals surface area (Å²) in [6.45, 7) is 4.17. The first-order valence-electron chi connectivity index (χ1n) is 5.29. The van der Waals surface area contributed by atoms with Gasteiger partial charge in [0.1, 0.15) is 5.75 Å². The maximum atomic E-state index is 5.63. The maximum absolute atomic E-state index is 5.63. The Morgan fingerprint density at radius 2 is 2.06 bits per heavy atom. The molecular formula is C12H14N2O2. The fourth-order valence-electron chi connectivity index (χ4n) is 1.47. The van der Waals surface area contributed by atoms with Gasteiger partial charge in [-0.2, -0.15) is 0 Å². The second-order valence-electron chi connectivity index (χ2n) is 3.46. The molecule has 0 bridgehead atoms. The van der Waals surface area contributed by atoms with E-state index in [1.54, 1.807) is 6.92 Å². The molecule has 1 aromatic heterocycles. The molecule has 0 fully saturated rings. The van der Waals surface area contributed by atoms with Crippen molar-refractivity contribution in [2.24, 2.45) is 0 Å². The van der Waals surface area contributed by atoms with Crippen LogP contribution in [0, 0.1) is 6.92 Å². The van der Waals surface area contributed by atoms with E-state index in [0.717, 1.165) is 12.2 Å². The summed E-state index contributed by atoms with van der Waals surface area (Å²) in [5.41, 5.74) is 1.18. The van der Waals surface area contributed by atoms with Gasteiger partial charge in [0.15, 0.2) is 6.61 Å². The molecule has 84 valence electrons. The van der Waals surface area contributed by atoms with Gasteiger partial charge in [0, 0.05) is 6.92 Å². The van der Waals surface area contributed by atoms with Gasteiger partial charge in [-0.1, -0.05) is 25.1 Å². The van der Waals surface area contributed by atoms with Crippen LogP contribution in [-0.2, 0) is 13.0 Å². The number of aromatic nitrogens is 2. The first-order chi connectivity index (χ1) is 7.79. The van der Waals surface area contributed by atoms with Crippen LogP contribution in [0.2, 0.25) is 0 Å². The Morgan fingerprint density at radius 1 is 1.25 bits per heavy atom. The second kappa shape index (κ2) is 4.79. The van der Waals surface area contributed by atoms with Gasteiger partial charge in [0.2, 0.25) is 5.89 Å². The van der Waals surface area contributed by atoms with E-state index in [2.05, 4.69) is 17.1 Å². The third-order valence-electron chi connectivity index (χ3n) is 2.27. The van der Waals surface area contributed by atoms with Crippen molar-refractivity contribution in [2.75, 3.05) is 0 Å². The fraction of sp³-hybridized carbons (Fsp3) is 0.333. The van der Waals surface area contributed by atoms with Crippen LogP contribution in [0.25, 0.3) is 0 Å². The molecule has 0 spiro atoms. The highest BCUT2D eigenvalue weighted by atomic mass is 16.5. The van der Waals surface area contributed by atoms with Crippen LogP contribution in [-0.4, -0.2) is 10.2 Å².